The molecule has 0 saturated heterocycles. The summed E-state index contributed by atoms with van der Waals surface area (Å²) in [7, 11) is 0. The summed E-state index contributed by atoms with van der Waals surface area (Å²) < 4.78 is 0. The Morgan fingerprint density at radius 3 is 2.70 bits per heavy atom. The van der Waals surface area contributed by atoms with Crippen LogP contribution in [0.15, 0.2) is 30.3 Å². The largest absolute Gasteiger partial charge is 0.370 e. The van der Waals surface area contributed by atoms with Crippen molar-refractivity contribution in [3.05, 3.63) is 35.9 Å². The van der Waals surface area contributed by atoms with Crippen molar-refractivity contribution < 1.29 is 4.79 Å². The number of hydrogen-bond acceptors (Lipinski definition) is 1. The van der Waals surface area contributed by atoms with Crippen LogP contribution in [0.25, 0.3) is 0 Å². The standard InChI is InChI=1S/C20H28ClNO/c21-12-11-19-9-4-10-20(15-19,17-5-2-1-3-6-17)14-16(13-19)7-8-18(22)23/h1-3,5-6,16H,4,7-15H2,(H2,22,23)/t16?,19-,20+/m0/s1. The first-order chi connectivity index (χ1) is 11.1. The van der Waals surface area contributed by atoms with Crippen LogP contribution in [0.2, 0.25) is 0 Å². The molecule has 0 spiro atoms. The van der Waals surface area contributed by atoms with Gasteiger partial charge in [-0.3, -0.25) is 4.79 Å². The third-order valence-corrected chi connectivity index (χ3v) is 6.48. The minimum Gasteiger partial charge on any atom is -0.370 e. The van der Waals surface area contributed by atoms with E-state index in [1.165, 1.54) is 44.1 Å². The minimum absolute atomic E-state index is 0.166. The van der Waals surface area contributed by atoms with Crippen molar-refractivity contribution in [3.8, 4) is 0 Å². The summed E-state index contributed by atoms with van der Waals surface area (Å²) in [5, 5.41) is 0. The monoisotopic (exact) mass is 333 g/mol. The van der Waals surface area contributed by atoms with Gasteiger partial charge in [0, 0.05) is 12.3 Å². The van der Waals surface area contributed by atoms with Crippen molar-refractivity contribution in [3.63, 3.8) is 0 Å². The molecule has 0 radical (unpaired) electrons. The molecule has 0 aliphatic heterocycles. The molecule has 2 N–H and O–H groups in total. The topological polar surface area (TPSA) is 43.1 Å². The fourth-order valence-electron chi connectivity index (χ4n) is 5.50. The van der Waals surface area contributed by atoms with Crippen LogP contribution in [0, 0.1) is 11.3 Å². The summed E-state index contributed by atoms with van der Waals surface area (Å²) in [5.41, 5.74) is 7.54. The van der Waals surface area contributed by atoms with Gasteiger partial charge in [-0.05, 0) is 67.3 Å². The summed E-state index contributed by atoms with van der Waals surface area (Å²) >= 11 is 6.17. The SMILES string of the molecule is NC(=O)CCC1C[C@@]2(CCCl)CCC[C@@](c3ccccc3)(C1)C2. The number of nitrogens with two attached hydrogens (primary N) is 1. The van der Waals surface area contributed by atoms with Crippen molar-refractivity contribution in [2.45, 2.75) is 63.2 Å². The molecule has 2 nitrogen and oxygen atoms in total. The highest BCUT2D eigenvalue weighted by molar-refractivity contribution is 6.17. The van der Waals surface area contributed by atoms with Crippen LogP contribution in [-0.4, -0.2) is 11.8 Å². The number of alkyl halides is 1. The molecule has 1 amide bonds. The van der Waals surface area contributed by atoms with E-state index in [1.807, 2.05) is 0 Å². The first-order valence-electron chi connectivity index (χ1n) is 8.97. The molecular formula is C20H28ClNO. The van der Waals surface area contributed by atoms with Gasteiger partial charge in [-0.1, -0.05) is 36.8 Å². The first-order valence-corrected chi connectivity index (χ1v) is 9.51. The van der Waals surface area contributed by atoms with E-state index in [9.17, 15) is 4.79 Å². The second kappa shape index (κ2) is 6.84. The molecule has 2 fully saturated rings. The van der Waals surface area contributed by atoms with Gasteiger partial charge in [0.25, 0.3) is 0 Å². The summed E-state index contributed by atoms with van der Waals surface area (Å²) in [6.07, 6.45) is 10.1. The zero-order valence-electron chi connectivity index (χ0n) is 13.9. The molecule has 0 aromatic heterocycles. The van der Waals surface area contributed by atoms with Gasteiger partial charge in [0.05, 0.1) is 0 Å². The van der Waals surface area contributed by atoms with Crippen LogP contribution in [0.3, 0.4) is 0 Å². The van der Waals surface area contributed by atoms with Crippen molar-refractivity contribution in [1.82, 2.24) is 0 Å². The van der Waals surface area contributed by atoms with Gasteiger partial charge in [-0.15, -0.1) is 11.6 Å². The number of rotatable bonds is 6. The average Bonchev–Trinajstić information content (AvgIpc) is 2.53. The lowest BCUT2D eigenvalue weighted by Crippen LogP contribution is -2.47. The lowest BCUT2D eigenvalue weighted by atomic mass is 9.49. The number of hydrogen-bond donors (Lipinski definition) is 1. The van der Waals surface area contributed by atoms with Gasteiger partial charge in [0.1, 0.15) is 0 Å². The van der Waals surface area contributed by atoms with Crippen molar-refractivity contribution >= 4 is 17.5 Å². The minimum atomic E-state index is -0.166. The smallest absolute Gasteiger partial charge is 0.217 e. The van der Waals surface area contributed by atoms with E-state index in [0.29, 0.717) is 17.8 Å². The Morgan fingerprint density at radius 2 is 2.00 bits per heavy atom. The second-order valence-electron chi connectivity index (χ2n) is 7.89. The normalized spacial score (nSPS) is 33.3. The van der Waals surface area contributed by atoms with E-state index in [-0.39, 0.29) is 11.3 Å². The Bertz CT molecular complexity index is 542. The molecule has 2 saturated carbocycles. The van der Waals surface area contributed by atoms with E-state index in [2.05, 4.69) is 30.3 Å². The third-order valence-electron chi connectivity index (χ3n) is 6.29. The second-order valence-corrected chi connectivity index (χ2v) is 8.27. The number of carbonyl (C=O) groups excluding carboxylic acids is 1. The maximum atomic E-state index is 11.2. The van der Waals surface area contributed by atoms with Crippen molar-refractivity contribution in [1.29, 1.82) is 0 Å². The van der Waals surface area contributed by atoms with Crippen LogP contribution < -0.4 is 5.73 Å². The maximum absolute atomic E-state index is 11.2. The summed E-state index contributed by atoms with van der Waals surface area (Å²) in [6, 6.07) is 11.0. The third kappa shape index (κ3) is 3.57. The van der Waals surface area contributed by atoms with Crippen LogP contribution in [0.1, 0.15) is 63.4 Å². The predicted molar refractivity (Wildman–Crippen MR) is 95.5 cm³/mol. The number of amides is 1. The highest BCUT2D eigenvalue weighted by Crippen LogP contribution is 2.60. The molecule has 1 aromatic carbocycles. The molecule has 3 heteroatoms. The van der Waals surface area contributed by atoms with Gasteiger partial charge in [0.15, 0.2) is 0 Å². The molecule has 2 aliphatic rings. The number of halogens is 1. The van der Waals surface area contributed by atoms with E-state index in [1.54, 1.807) is 0 Å². The molecule has 126 valence electrons. The molecule has 2 bridgehead atoms. The molecule has 1 aromatic rings. The Kier molecular flexibility index (Phi) is 5.01. The molecule has 3 atom stereocenters. The first kappa shape index (κ1) is 16.8. The van der Waals surface area contributed by atoms with E-state index in [4.69, 9.17) is 17.3 Å². The number of primary amides is 1. The number of benzene rings is 1. The van der Waals surface area contributed by atoms with Gasteiger partial charge >= 0.3 is 0 Å². The fraction of sp³-hybridized carbons (Fsp3) is 0.650. The molecule has 23 heavy (non-hydrogen) atoms. The zero-order chi connectivity index (χ0) is 16.3. The van der Waals surface area contributed by atoms with Crippen molar-refractivity contribution in [2.75, 3.05) is 5.88 Å². The number of fused-ring (bicyclic) bond motifs is 2. The Morgan fingerprint density at radius 1 is 1.22 bits per heavy atom. The lowest BCUT2D eigenvalue weighted by molar-refractivity contribution is -0.118. The molecular weight excluding hydrogens is 306 g/mol. The molecule has 1 unspecified atom stereocenters. The summed E-state index contributed by atoms with van der Waals surface area (Å²) in [4.78, 5) is 11.2. The molecule has 0 heterocycles. The molecule has 2 aliphatic carbocycles. The van der Waals surface area contributed by atoms with E-state index < -0.39 is 0 Å². The van der Waals surface area contributed by atoms with Crippen LogP contribution in [-0.2, 0) is 10.2 Å². The Labute approximate surface area is 144 Å². The fourth-order valence-corrected chi connectivity index (χ4v) is 5.91. The van der Waals surface area contributed by atoms with Gasteiger partial charge in [-0.25, -0.2) is 0 Å². The summed E-state index contributed by atoms with van der Waals surface area (Å²) in [5.74, 6) is 1.17. The lowest BCUT2D eigenvalue weighted by Gasteiger charge is -2.55. The van der Waals surface area contributed by atoms with E-state index in [0.717, 1.165) is 18.7 Å². The average molecular weight is 334 g/mol. The highest BCUT2D eigenvalue weighted by Gasteiger charge is 2.50. The van der Waals surface area contributed by atoms with Crippen LogP contribution in [0.4, 0.5) is 0 Å². The van der Waals surface area contributed by atoms with Crippen LogP contribution >= 0.6 is 11.6 Å². The maximum Gasteiger partial charge on any atom is 0.217 e. The Hall–Kier alpha value is -1.02. The Balaban J connectivity index is 1.89. The van der Waals surface area contributed by atoms with E-state index >= 15 is 0 Å². The highest BCUT2D eigenvalue weighted by atomic mass is 35.5. The predicted octanol–water partition coefficient (Wildman–Crippen LogP) is 4.79. The van der Waals surface area contributed by atoms with Gasteiger partial charge in [0.2, 0.25) is 5.91 Å². The van der Waals surface area contributed by atoms with Crippen LogP contribution in [0.5, 0.6) is 0 Å². The van der Waals surface area contributed by atoms with Gasteiger partial charge < -0.3 is 5.73 Å². The molecule has 3 rings (SSSR count). The quantitative estimate of drug-likeness (QED) is 0.747. The summed E-state index contributed by atoms with van der Waals surface area (Å²) in [6.45, 7) is 0. The van der Waals surface area contributed by atoms with Crippen molar-refractivity contribution in [2.24, 2.45) is 17.1 Å². The number of carbonyl (C=O) groups is 1. The van der Waals surface area contributed by atoms with Gasteiger partial charge in [-0.2, -0.15) is 0 Å². The zero-order valence-corrected chi connectivity index (χ0v) is 14.7.